The average Bonchev–Trinajstić information content (AvgIpc) is 2.04. The van der Waals surface area contributed by atoms with Gasteiger partial charge in [-0.05, 0) is 23.7 Å². The van der Waals surface area contributed by atoms with E-state index in [0.29, 0.717) is 22.9 Å². The Bertz CT molecular complexity index is 196. The van der Waals surface area contributed by atoms with Crippen molar-refractivity contribution < 1.29 is 0 Å². The summed E-state index contributed by atoms with van der Waals surface area (Å²) in [7, 11) is 0. The van der Waals surface area contributed by atoms with Gasteiger partial charge in [0.05, 0.1) is 0 Å². The predicted octanol–water partition coefficient (Wildman–Crippen LogP) is 1.76. The van der Waals surface area contributed by atoms with Gasteiger partial charge in [-0.15, -0.1) is 0 Å². The molecule has 82 valence electrons. The van der Waals surface area contributed by atoms with E-state index in [0.717, 1.165) is 0 Å². The molecule has 0 saturated carbocycles. The van der Waals surface area contributed by atoms with Crippen LogP contribution in [0.15, 0.2) is 0 Å². The molecule has 0 aromatic heterocycles. The van der Waals surface area contributed by atoms with Crippen LogP contribution in [0.3, 0.4) is 0 Å². The molecule has 0 amide bonds. The molecule has 0 aromatic carbocycles. The van der Waals surface area contributed by atoms with Crippen molar-refractivity contribution in [3.63, 3.8) is 0 Å². The van der Waals surface area contributed by atoms with Crippen molar-refractivity contribution in [1.82, 2.24) is 10.6 Å². The molecule has 2 heterocycles. The van der Waals surface area contributed by atoms with Gasteiger partial charge in [0.15, 0.2) is 0 Å². The van der Waals surface area contributed by atoms with Gasteiger partial charge in [0.1, 0.15) is 0 Å². The summed E-state index contributed by atoms with van der Waals surface area (Å²) >= 11 is 0. The summed E-state index contributed by atoms with van der Waals surface area (Å²) in [6.45, 7) is 11.8. The van der Waals surface area contributed by atoms with E-state index in [1.54, 1.807) is 0 Å². The minimum Gasteiger partial charge on any atom is -0.312 e. The standard InChI is InChI=1S/C12H24N2/c1-11(2)5-9-10(13-7-11)6-12(3,4)8-14-9/h9-10,13-14H,5-8H2,1-4H3/t9-,10-/m0/s1. The van der Waals surface area contributed by atoms with E-state index in [4.69, 9.17) is 0 Å². The highest BCUT2D eigenvalue weighted by atomic mass is 15.1. The summed E-state index contributed by atoms with van der Waals surface area (Å²) < 4.78 is 0. The second kappa shape index (κ2) is 3.21. The lowest BCUT2D eigenvalue weighted by molar-refractivity contribution is 0.0948. The van der Waals surface area contributed by atoms with E-state index in [1.165, 1.54) is 25.9 Å². The molecule has 2 rings (SSSR count). The summed E-state index contributed by atoms with van der Waals surface area (Å²) in [5, 5.41) is 7.41. The van der Waals surface area contributed by atoms with Gasteiger partial charge in [-0.1, -0.05) is 27.7 Å². The van der Waals surface area contributed by atoms with Gasteiger partial charge in [0.2, 0.25) is 0 Å². The van der Waals surface area contributed by atoms with Crippen molar-refractivity contribution in [2.24, 2.45) is 10.8 Å². The number of nitrogens with one attached hydrogen (secondary N) is 2. The Morgan fingerprint density at radius 1 is 0.786 bits per heavy atom. The Balaban J connectivity index is 2.01. The summed E-state index contributed by atoms with van der Waals surface area (Å²) in [4.78, 5) is 0. The van der Waals surface area contributed by atoms with Crippen LogP contribution in [-0.4, -0.2) is 25.2 Å². The van der Waals surface area contributed by atoms with Crippen molar-refractivity contribution in [3.8, 4) is 0 Å². The molecule has 2 atom stereocenters. The zero-order valence-corrected chi connectivity index (χ0v) is 9.98. The molecule has 2 aliphatic heterocycles. The average molecular weight is 196 g/mol. The number of piperidine rings is 2. The normalized spacial score (nSPS) is 40.3. The van der Waals surface area contributed by atoms with Crippen molar-refractivity contribution >= 4 is 0 Å². The van der Waals surface area contributed by atoms with Gasteiger partial charge in [-0.3, -0.25) is 0 Å². The molecule has 0 aliphatic carbocycles. The predicted molar refractivity (Wildman–Crippen MR) is 60.4 cm³/mol. The number of hydrogen-bond donors (Lipinski definition) is 2. The molecule has 2 N–H and O–H groups in total. The van der Waals surface area contributed by atoms with Crippen LogP contribution >= 0.6 is 0 Å². The maximum atomic E-state index is 3.70. The first-order chi connectivity index (χ1) is 6.38. The smallest absolute Gasteiger partial charge is 0.0227 e. The highest BCUT2D eigenvalue weighted by Gasteiger charge is 2.40. The first-order valence-corrected chi connectivity index (χ1v) is 5.85. The van der Waals surface area contributed by atoms with Crippen LogP contribution in [0, 0.1) is 10.8 Å². The second-order valence-electron chi connectivity index (χ2n) is 6.71. The molecule has 2 nitrogen and oxygen atoms in total. The molecule has 2 fully saturated rings. The fourth-order valence-corrected chi connectivity index (χ4v) is 2.86. The summed E-state index contributed by atoms with van der Waals surface area (Å²) in [5.41, 5.74) is 0.936. The topological polar surface area (TPSA) is 24.1 Å². The Labute approximate surface area is 87.8 Å². The van der Waals surface area contributed by atoms with E-state index in [-0.39, 0.29) is 0 Å². The lowest BCUT2D eigenvalue weighted by Crippen LogP contribution is -2.63. The largest absolute Gasteiger partial charge is 0.312 e. The molecule has 2 saturated heterocycles. The maximum Gasteiger partial charge on any atom is 0.0227 e. The van der Waals surface area contributed by atoms with E-state index in [9.17, 15) is 0 Å². The molecular weight excluding hydrogens is 172 g/mol. The van der Waals surface area contributed by atoms with Gasteiger partial charge < -0.3 is 10.6 Å². The van der Waals surface area contributed by atoms with Crippen LogP contribution in [0.4, 0.5) is 0 Å². The quantitative estimate of drug-likeness (QED) is 0.617. The van der Waals surface area contributed by atoms with Crippen LogP contribution in [0.5, 0.6) is 0 Å². The van der Waals surface area contributed by atoms with E-state index >= 15 is 0 Å². The number of rotatable bonds is 0. The third-order valence-corrected chi connectivity index (χ3v) is 3.72. The monoisotopic (exact) mass is 196 g/mol. The van der Waals surface area contributed by atoms with Crippen LogP contribution < -0.4 is 10.6 Å². The van der Waals surface area contributed by atoms with Gasteiger partial charge in [-0.2, -0.15) is 0 Å². The lowest BCUT2D eigenvalue weighted by atomic mass is 9.72. The zero-order valence-electron chi connectivity index (χ0n) is 9.98. The van der Waals surface area contributed by atoms with E-state index < -0.39 is 0 Å². The third-order valence-electron chi connectivity index (χ3n) is 3.72. The van der Waals surface area contributed by atoms with Crippen LogP contribution in [-0.2, 0) is 0 Å². The Hall–Kier alpha value is -0.0800. The van der Waals surface area contributed by atoms with Gasteiger partial charge in [0.25, 0.3) is 0 Å². The molecule has 0 bridgehead atoms. The fraction of sp³-hybridized carbons (Fsp3) is 1.00. The summed E-state index contributed by atoms with van der Waals surface area (Å²) in [6.07, 6.45) is 2.64. The first kappa shape index (κ1) is 10.4. The van der Waals surface area contributed by atoms with Crippen molar-refractivity contribution in [1.29, 1.82) is 0 Å². The lowest BCUT2D eigenvalue weighted by Gasteiger charge is -2.49. The van der Waals surface area contributed by atoms with Gasteiger partial charge in [0, 0.05) is 25.2 Å². The van der Waals surface area contributed by atoms with Crippen LogP contribution in [0.2, 0.25) is 0 Å². The summed E-state index contributed by atoms with van der Waals surface area (Å²) in [5.74, 6) is 0. The van der Waals surface area contributed by atoms with Crippen molar-refractivity contribution in [2.75, 3.05) is 13.1 Å². The van der Waals surface area contributed by atoms with Crippen molar-refractivity contribution in [3.05, 3.63) is 0 Å². The number of fused-ring (bicyclic) bond motifs is 1. The maximum absolute atomic E-state index is 3.70. The fourth-order valence-electron chi connectivity index (χ4n) is 2.86. The molecule has 0 radical (unpaired) electrons. The molecule has 14 heavy (non-hydrogen) atoms. The molecule has 2 heteroatoms. The molecule has 2 aliphatic rings. The Morgan fingerprint density at radius 2 is 1.14 bits per heavy atom. The first-order valence-electron chi connectivity index (χ1n) is 5.85. The van der Waals surface area contributed by atoms with Crippen molar-refractivity contribution in [2.45, 2.75) is 52.6 Å². The van der Waals surface area contributed by atoms with Crippen LogP contribution in [0.25, 0.3) is 0 Å². The van der Waals surface area contributed by atoms with Gasteiger partial charge >= 0.3 is 0 Å². The minimum absolute atomic E-state index is 0.468. The Kier molecular flexibility index (Phi) is 2.39. The third kappa shape index (κ3) is 2.12. The molecular formula is C12H24N2. The number of hydrogen-bond acceptors (Lipinski definition) is 2. The highest BCUT2D eigenvalue weighted by molar-refractivity contribution is 5.00. The molecule has 0 unspecified atom stereocenters. The molecule has 0 aromatic rings. The SMILES string of the molecule is CC1(C)CN[C@H]2CC(C)(C)CN[C@H]2C1. The highest BCUT2D eigenvalue weighted by Crippen LogP contribution is 2.35. The summed E-state index contributed by atoms with van der Waals surface area (Å²) in [6, 6.07) is 1.40. The van der Waals surface area contributed by atoms with Crippen LogP contribution in [0.1, 0.15) is 40.5 Å². The minimum atomic E-state index is 0.468. The van der Waals surface area contributed by atoms with E-state index in [1.807, 2.05) is 0 Å². The second-order valence-corrected chi connectivity index (χ2v) is 6.71. The van der Waals surface area contributed by atoms with E-state index in [2.05, 4.69) is 38.3 Å². The zero-order chi connectivity index (χ0) is 10.4. The van der Waals surface area contributed by atoms with Gasteiger partial charge in [-0.25, -0.2) is 0 Å². The Morgan fingerprint density at radius 3 is 1.50 bits per heavy atom. The molecule has 0 spiro atoms.